The number of carboxylic acids is 2. The third kappa shape index (κ3) is 8.81. The number of hydrogen-bond donors (Lipinski definition) is 5. The maximum absolute atomic E-state index is 14.6. The molecule has 1 aromatic heterocycles. The van der Waals surface area contributed by atoms with Gasteiger partial charge >= 0.3 is 18.1 Å². The van der Waals surface area contributed by atoms with E-state index < -0.39 is 59.3 Å². The lowest BCUT2D eigenvalue weighted by Gasteiger charge is -2.46. The summed E-state index contributed by atoms with van der Waals surface area (Å²) in [6, 6.07) is 1.44. The number of halogens is 5. The summed E-state index contributed by atoms with van der Waals surface area (Å²) >= 11 is 5.87. The Hall–Kier alpha value is -4.41. The van der Waals surface area contributed by atoms with Crippen molar-refractivity contribution in [1.82, 2.24) is 14.9 Å². The van der Waals surface area contributed by atoms with Crippen LogP contribution in [-0.2, 0) is 25.4 Å². The number of carboxylic acid groups (broad SMARTS) is 2. The maximum Gasteiger partial charge on any atom is 0.416 e. The number of rotatable bonds is 8. The fourth-order valence-electron chi connectivity index (χ4n) is 4.98. The monoisotopic (exact) mass is 647 g/mol. The fraction of sp³-hybridized carbons (Fsp3) is 0.462. The number of carbonyl (C=O) groups excluding carboxylic acids is 2. The number of nitrogens with one attached hydrogen (secondary N) is 1. The number of nitrogen functional groups attached to an aromatic ring is 1. The number of aromatic nitrogens is 2. The van der Waals surface area contributed by atoms with Gasteiger partial charge in [-0.25, -0.2) is 9.97 Å². The average molecular weight is 648 g/mol. The SMILES string of the molecule is NC(=O)[C@H]1CCN(c2ncnc(N)c2F)C[C@@H]1N1CCC[C@@H](Nc2cc(Cl)cc(C(F)(F)F)c2)C1=O.O=C(O)CCC(=O)O. The predicted molar refractivity (Wildman–Crippen MR) is 149 cm³/mol. The van der Waals surface area contributed by atoms with Crippen molar-refractivity contribution < 1.29 is 47.0 Å². The Morgan fingerprint density at radius 3 is 2.32 bits per heavy atom. The zero-order valence-corrected chi connectivity index (χ0v) is 23.8. The van der Waals surface area contributed by atoms with E-state index >= 15 is 0 Å². The van der Waals surface area contributed by atoms with Crippen LogP contribution in [0.2, 0.25) is 5.02 Å². The number of primary amides is 1. The van der Waals surface area contributed by atoms with Crippen LogP contribution in [0.15, 0.2) is 24.5 Å². The van der Waals surface area contributed by atoms with Crippen LogP contribution in [0.25, 0.3) is 0 Å². The molecule has 240 valence electrons. The van der Waals surface area contributed by atoms with Gasteiger partial charge in [0.1, 0.15) is 12.4 Å². The lowest BCUT2D eigenvalue weighted by atomic mass is 9.87. The molecule has 3 atom stereocenters. The van der Waals surface area contributed by atoms with Crippen molar-refractivity contribution in [3.63, 3.8) is 0 Å². The number of amides is 2. The maximum atomic E-state index is 14.6. The minimum Gasteiger partial charge on any atom is -0.481 e. The molecule has 1 aromatic carbocycles. The van der Waals surface area contributed by atoms with Crippen LogP contribution in [0.3, 0.4) is 0 Å². The number of nitrogens with two attached hydrogens (primary N) is 2. The van der Waals surface area contributed by atoms with Crippen molar-refractivity contribution in [2.45, 2.75) is 50.4 Å². The Labute approximate surface area is 253 Å². The zero-order valence-electron chi connectivity index (χ0n) is 23.1. The number of hydrogen-bond acceptors (Lipinski definition) is 9. The summed E-state index contributed by atoms with van der Waals surface area (Å²) in [7, 11) is 0. The molecule has 0 radical (unpaired) electrons. The van der Waals surface area contributed by atoms with Crippen molar-refractivity contribution in [1.29, 1.82) is 0 Å². The van der Waals surface area contributed by atoms with E-state index in [1.54, 1.807) is 4.90 Å². The van der Waals surface area contributed by atoms with Crippen molar-refractivity contribution in [3.8, 4) is 0 Å². The summed E-state index contributed by atoms with van der Waals surface area (Å²) in [5, 5.41) is 18.5. The molecule has 13 nitrogen and oxygen atoms in total. The summed E-state index contributed by atoms with van der Waals surface area (Å²) in [6.45, 7) is 0.621. The number of anilines is 3. The number of aliphatic carboxylic acids is 2. The van der Waals surface area contributed by atoms with Gasteiger partial charge in [-0.1, -0.05) is 11.6 Å². The molecular weight excluding hydrogens is 618 g/mol. The first kappa shape index (κ1) is 34.1. The van der Waals surface area contributed by atoms with Crippen LogP contribution in [0.1, 0.15) is 37.7 Å². The number of nitrogens with zero attached hydrogens (tertiary/aromatic N) is 4. The van der Waals surface area contributed by atoms with E-state index in [1.165, 1.54) is 11.0 Å². The van der Waals surface area contributed by atoms with Gasteiger partial charge in [0.2, 0.25) is 17.6 Å². The van der Waals surface area contributed by atoms with E-state index in [2.05, 4.69) is 15.3 Å². The van der Waals surface area contributed by atoms with Crippen LogP contribution in [0, 0.1) is 11.7 Å². The average Bonchev–Trinajstić information content (AvgIpc) is 2.94. The molecule has 2 aliphatic rings. The van der Waals surface area contributed by atoms with Gasteiger partial charge in [-0.15, -0.1) is 0 Å². The van der Waals surface area contributed by atoms with Gasteiger partial charge < -0.3 is 36.8 Å². The van der Waals surface area contributed by atoms with E-state index in [-0.39, 0.29) is 54.7 Å². The normalized spacial score (nSPS) is 20.4. The van der Waals surface area contributed by atoms with Gasteiger partial charge in [-0.05, 0) is 37.5 Å². The molecular formula is C26H30ClF4N7O6. The third-order valence-electron chi connectivity index (χ3n) is 7.04. The molecule has 3 heterocycles. The number of piperidine rings is 2. The van der Waals surface area contributed by atoms with Gasteiger partial charge in [-0.2, -0.15) is 17.6 Å². The summed E-state index contributed by atoms with van der Waals surface area (Å²) < 4.78 is 54.2. The first-order valence-electron chi connectivity index (χ1n) is 13.3. The first-order valence-corrected chi connectivity index (χ1v) is 13.6. The second-order valence-electron chi connectivity index (χ2n) is 10.1. The number of alkyl halides is 3. The van der Waals surface area contributed by atoms with Crippen LogP contribution in [-0.4, -0.2) is 80.6 Å². The van der Waals surface area contributed by atoms with Crippen molar-refractivity contribution in [2.75, 3.05) is 35.6 Å². The lowest BCUT2D eigenvalue weighted by molar-refractivity contribution is -0.143. The number of likely N-dealkylation sites (tertiary alicyclic amines) is 1. The van der Waals surface area contributed by atoms with E-state index in [9.17, 15) is 36.7 Å². The largest absolute Gasteiger partial charge is 0.481 e. The highest BCUT2D eigenvalue weighted by molar-refractivity contribution is 6.31. The van der Waals surface area contributed by atoms with Gasteiger partial charge in [0.25, 0.3) is 0 Å². The van der Waals surface area contributed by atoms with Crippen molar-refractivity contribution in [2.24, 2.45) is 11.7 Å². The van der Waals surface area contributed by atoms with Crippen LogP contribution in [0.4, 0.5) is 34.9 Å². The van der Waals surface area contributed by atoms with Gasteiger partial charge in [0, 0.05) is 30.3 Å². The molecule has 0 spiro atoms. The molecule has 2 aromatic rings. The zero-order chi connectivity index (χ0) is 32.8. The number of carbonyl (C=O) groups is 4. The van der Waals surface area contributed by atoms with Crippen LogP contribution < -0.4 is 21.7 Å². The molecule has 4 rings (SSSR count). The minimum absolute atomic E-state index is 0.0466. The van der Waals surface area contributed by atoms with Crippen LogP contribution in [0.5, 0.6) is 0 Å². The highest BCUT2D eigenvalue weighted by Crippen LogP contribution is 2.35. The predicted octanol–water partition coefficient (Wildman–Crippen LogP) is 2.59. The summed E-state index contributed by atoms with van der Waals surface area (Å²) in [4.78, 5) is 55.6. The second kappa shape index (κ2) is 14.4. The molecule has 44 heavy (non-hydrogen) atoms. The molecule has 0 saturated carbocycles. The van der Waals surface area contributed by atoms with E-state index in [1.807, 2.05) is 0 Å². The molecule has 7 N–H and O–H groups in total. The fourth-order valence-corrected chi connectivity index (χ4v) is 5.22. The Bertz CT molecular complexity index is 1390. The second-order valence-corrected chi connectivity index (χ2v) is 10.5. The molecule has 0 unspecified atom stereocenters. The van der Waals surface area contributed by atoms with Gasteiger partial charge in [0.05, 0.1) is 30.4 Å². The Morgan fingerprint density at radius 1 is 1.07 bits per heavy atom. The first-order chi connectivity index (χ1) is 20.6. The molecule has 0 bridgehead atoms. The Balaban J connectivity index is 0.000000583. The standard InChI is InChI=1S/C22H24ClF4N7O2.C4H6O4/c23-12-6-11(22(25,26)27)7-13(8-12)32-15-2-1-4-34(21(15)36)16-9-33(5-3-14(16)19(29)35)20-17(24)18(28)30-10-31-20;5-3(6)1-2-4(7)8/h6-8,10,14-16,32H,1-5,9H2,(H2,29,35)(H2,28,30,31);1-2H2,(H,5,6)(H,7,8)/t14-,15+,16-;/m0./s1. The highest BCUT2D eigenvalue weighted by Gasteiger charge is 2.43. The summed E-state index contributed by atoms with van der Waals surface area (Å²) in [5.74, 6) is -5.04. The third-order valence-corrected chi connectivity index (χ3v) is 7.26. The Morgan fingerprint density at radius 2 is 1.73 bits per heavy atom. The van der Waals surface area contributed by atoms with Crippen molar-refractivity contribution in [3.05, 3.63) is 40.9 Å². The molecule has 0 aliphatic carbocycles. The van der Waals surface area contributed by atoms with E-state index in [0.29, 0.717) is 19.4 Å². The van der Waals surface area contributed by atoms with E-state index in [0.717, 1.165) is 18.5 Å². The topological polar surface area (TPSA) is 205 Å². The molecule has 2 amide bonds. The van der Waals surface area contributed by atoms with Crippen molar-refractivity contribution >= 4 is 52.7 Å². The summed E-state index contributed by atoms with van der Waals surface area (Å²) in [6.07, 6.45) is -2.96. The van der Waals surface area contributed by atoms with Crippen LogP contribution >= 0.6 is 11.6 Å². The van der Waals surface area contributed by atoms with Gasteiger partial charge in [-0.3, -0.25) is 19.2 Å². The smallest absolute Gasteiger partial charge is 0.416 e. The Kier molecular flexibility index (Phi) is 11.1. The quantitative estimate of drug-likeness (QED) is 0.263. The molecule has 2 fully saturated rings. The molecule has 2 saturated heterocycles. The lowest BCUT2D eigenvalue weighted by Crippen LogP contribution is -2.61. The minimum atomic E-state index is -4.61. The molecule has 2 aliphatic heterocycles. The van der Waals surface area contributed by atoms with Gasteiger partial charge in [0.15, 0.2) is 11.6 Å². The highest BCUT2D eigenvalue weighted by atomic mass is 35.5. The van der Waals surface area contributed by atoms with E-state index in [4.69, 9.17) is 33.3 Å². The number of benzene rings is 1. The molecule has 18 heteroatoms. The summed E-state index contributed by atoms with van der Waals surface area (Å²) in [5.41, 5.74) is 10.3.